The lowest BCUT2D eigenvalue weighted by atomic mass is 10.2. The first kappa shape index (κ1) is 23.6. The molecule has 0 aliphatic carbocycles. The van der Waals surface area contributed by atoms with Gasteiger partial charge in [0.1, 0.15) is 22.2 Å². The van der Waals surface area contributed by atoms with Gasteiger partial charge >= 0.3 is 0 Å². The highest BCUT2D eigenvalue weighted by atomic mass is 35.5. The van der Waals surface area contributed by atoms with Crippen molar-refractivity contribution in [2.45, 2.75) is 4.90 Å². The number of carbonyl (C=O) groups is 1. The van der Waals surface area contributed by atoms with Crippen molar-refractivity contribution in [1.82, 2.24) is 0 Å². The highest BCUT2D eigenvalue weighted by Gasteiger charge is 2.22. The van der Waals surface area contributed by atoms with E-state index in [1.807, 2.05) is 0 Å². The molecule has 11 heteroatoms. The fourth-order valence-corrected chi connectivity index (χ4v) is 4.45. The quantitative estimate of drug-likeness (QED) is 0.436. The Balaban J connectivity index is 1.91. The summed E-state index contributed by atoms with van der Waals surface area (Å²) in [5.41, 5.74) is 0.258. The number of hydrogen-bond donors (Lipinski definition) is 2. The predicted molar refractivity (Wildman–Crippen MR) is 121 cm³/mol. The topological polar surface area (TPSA) is 93.7 Å². The Morgan fingerprint density at radius 2 is 1.56 bits per heavy atom. The van der Waals surface area contributed by atoms with Crippen molar-refractivity contribution in [3.8, 4) is 11.5 Å². The van der Waals surface area contributed by atoms with Crippen LogP contribution in [0.4, 0.5) is 15.8 Å². The van der Waals surface area contributed by atoms with Crippen LogP contribution in [0.1, 0.15) is 10.4 Å². The van der Waals surface area contributed by atoms with Crippen molar-refractivity contribution in [2.75, 3.05) is 24.3 Å². The highest BCUT2D eigenvalue weighted by molar-refractivity contribution is 7.92. The smallest absolute Gasteiger partial charge is 0.265 e. The summed E-state index contributed by atoms with van der Waals surface area (Å²) in [6, 6.07) is 12.3. The van der Waals surface area contributed by atoms with Gasteiger partial charge in [-0.25, -0.2) is 12.8 Å². The minimum Gasteiger partial charge on any atom is -0.497 e. The molecule has 7 nitrogen and oxygen atoms in total. The summed E-state index contributed by atoms with van der Waals surface area (Å²) >= 11 is 11.6. The van der Waals surface area contributed by atoms with Crippen molar-refractivity contribution >= 4 is 50.5 Å². The normalized spacial score (nSPS) is 11.0. The Kier molecular flexibility index (Phi) is 7.12. The van der Waals surface area contributed by atoms with E-state index < -0.39 is 21.7 Å². The maximum Gasteiger partial charge on any atom is 0.265 e. The van der Waals surface area contributed by atoms with Gasteiger partial charge in [0.15, 0.2) is 0 Å². The van der Waals surface area contributed by atoms with Crippen molar-refractivity contribution in [3.05, 3.63) is 76.0 Å². The van der Waals surface area contributed by atoms with Crippen LogP contribution in [0.15, 0.2) is 59.5 Å². The number of anilines is 2. The second kappa shape index (κ2) is 9.64. The maximum atomic E-state index is 13.7. The van der Waals surface area contributed by atoms with Gasteiger partial charge in [0.2, 0.25) is 0 Å². The van der Waals surface area contributed by atoms with Crippen LogP contribution >= 0.6 is 23.2 Å². The summed E-state index contributed by atoms with van der Waals surface area (Å²) in [6.07, 6.45) is 0. The fourth-order valence-electron chi connectivity index (χ4n) is 2.73. The number of halogens is 3. The summed E-state index contributed by atoms with van der Waals surface area (Å²) < 4.78 is 52.3. The molecule has 0 aliphatic rings. The molecule has 32 heavy (non-hydrogen) atoms. The number of rotatable bonds is 7. The Bertz CT molecular complexity index is 1270. The van der Waals surface area contributed by atoms with Crippen molar-refractivity contribution in [1.29, 1.82) is 0 Å². The van der Waals surface area contributed by atoms with Gasteiger partial charge in [0.25, 0.3) is 15.9 Å². The number of ether oxygens (including phenoxy) is 2. The SMILES string of the molecule is COc1ccc(NS(=O)(=O)c2cc(NC(=O)c3cc(F)c(Cl)cc3Cl)ccc2OC)cc1. The number of sulfonamides is 1. The number of benzene rings is 3. The Morgan fingerprint density at radius 3 is 2.19 bits per heavy atom. The first-order valence-electron chi connectivity index (χ1n) is 8.95. The van der Waals surface area contributed by atoms with Crippen molar-refractivity contribution in [3.63, 3.8) is 0 Å². The highest BCUT2D eigenvalue weighted by Crippen LogP contribution is 2.30. The molecular formula is C21H17Cl2FN2O5S. The van der Waals surface area contributed by atoms with E-state index in [1.54, 1.807) is 12.1 Å². The summed E-state index contributed by atoms with van der Waals surface area (Å²) in [5.74, 6) is -0.947. The molecule has 0 bridgehead atoms. The van der Waals surface area contributed by atoms with Crippen LogP contribution in [0.25, 0.3) is 0 Å². The van der Waals surface area contributed by atoms with Crippen LogP contribution in [-0.2, 0) is 10.0 Å². The third kappa shape index (κ3) is 5.24. The molecule has 3 rings (SSSR count). The van der Waals surface area contributed by atoms with Gasteiger partial charge in [0.05, 0.1) is 29.8 Å². The Hall–Kier alpha value is -3.01. The summed E-state index contributed by atoms with van der Waals surface area (Å²) in [6.45, 7) is 0. The first-order chi connectivity index (χ1) is 15.1. The molecule has 0 radical (unpaired) electrons. The molecule has 2 N–H and O–H groups in total. The van der Waals surface area contributed by atoms with E-state index in [4.69, 9.17) is 32.7 Å². The Labute approximate surface area is 194 Å². The van der Waals surface area contributed by atoms with Crippen LogP contribution in [0.3, 0.4) is 0 Å². The zero-order chi connectivity index (χ0) is 23.5. The van der Waals surface area contributed by atoms with Crippen LogP contribution in [0.5, 0.6) is 11.5 Å². The van der Waals surface area contributed by atoms with E-state index in [9.17, 15) is 17.6 Å². The van der Waals surface area contributed by atoms with Crippen LogP contribution in [0.2, 0.25) is 10.0 Å². The third-order valence-electron chi connectivity index (χ3n) is 4.31. The van der Waals surface area contributed by atoms with Gasteiger partial charge in [-0.2, -0.15) is 0 Å². The lowest BCUT2D eigenvalue weighted by molar-refractivity contribution is 0.102. The van der Waals surface area contributed by atoms with Gasteiger partial charge < -0.3 is 14.8 Å². The van der Waals surface area contributed by atoms with Gasteiger partial charge in [-0.05, 0) is 54.6 Å². The first-order valence-corrected chi connectivity index (χ1v) is 11.2. The van der Waals surface area contributed by atoms with E-state index in [0.717, 1.165) is 12.1 Å². The molecule has 0 atom stereocenters. The molecule has 3 aromatic carbocycles. The molecule has 0 fully saturated rings. The average Bonchev–Trinajstić information content (AvgIpc) is 2.76. The van der Waals surface area contributed by atoms with E-state index in [0.29, 0.717) is 11.4 Å². The summed E-state index contributed by atoms with van der Waals surface area (Å²) in [5, 5.41) is 2.20. The van der Waals surface area contributed by atoms with E-state index in [-0.39, 0.29) is 31.9 Å². The second-order valence-corrected chi connectivity index (χ2v) is 8.87. The molecule has 0 unspecified atom stereocenters. The van der Waals surface area contributed by atoms with E-state index >= 15 is 0 Å². The second-order valence-electron chi connectivity index (χ2n) is 6.40. The fraction of sp³-hybridized carbons (Fsp3) is 0.0952. The molecule has 0 aromatic heterocycles. The van der Waals surface area contributed by atoms with Gasteiger partial charge in [-0.3, -0.25) is 9.52 Å². The largest absolute Gasteiger partial charge is 0.497 e. The molecule has 168 valence electrons. The number of amides is 1. The standard InChI is InChI=1S/C21H17Cl2FN2O5S/c1-30-14-6-3-12(4-7-14)26-32(28,29)20-9-13(5-8-19(20)31-2)25-21(27)15-10-18(24)17(23)11-16(15)22/h3-11,26H,1-2H3,(H,25,27). The van der Waals surface area contributed by atoms with E-state index in [1.165, 1.54) is 44.6 Å². The molecule has 3 aromatic rings. The van der Waals surface area contributed by atoms with Gasteiger partial charge in [0, 0.05) is 11.4 Å². The molecule has 1 amide bonds. The zero-order valence-corrected chi connectivity index (χ0v) is 19.1. The monoisotopic (exact) mass is 498 g/mol. The van der Waals surface area contributed by atoms with Gasteiger partial charge in [-0.15, -0.1) is 0 Å². The molecule has 0 heterocycles. The number of nitrogens with one attached hydrogen (secondary N) is 2. The number of methoxy groups -OCH3 is 2. The average molecular weight is 499 g/mol. The number of carbonyl (C=O) groups excluding carboxylic acids is 1. The zero-order valence-electron chi connectivity index (χ0n) is 16.8. The predicted octanol–water partition coefficient (Wildman–Crippen LogP) is 5.20. The minimum absolute atomic E-state index is 0.0552. The third-order valence-corrected chi connectivity index (χ3v) is 6.31. The van der Waals surface area contributed by atoms with Crippen molar-refractivity contribution < 1.29 is 27.1 Å². The molecule has 0 spiro atoms. The lowest BCUT2D eigenvalue weighted by Gasteiger charge is -2.14. The van der Waals surface area contributed by atoms with Crippen molar-refractivity contribution in [2.24, 2.45) is 0 Å². The minimum atomic E-state index is -4.09. The molecule has 0 aliphatic heterocycles. The summed E-state index contributed by atoms with van der Waals surface area (Å²) in [7, 11) is -1.28. The van der Waals surface area contributed by atoms with Crippen LogP contribution in [0, 0.1) is 5.82 Å². The van der Waals surface area contributed by atoms with Crippen LogP contribution in [-0.4, -0.2) is 28.5 Å². The number of hydrogen-bond acceptors (Lipinski definition) is 5. The molecule has 0 saturated carbocycles. The lowest BCUT2D eigenvalue weighted by Crippen LogP contribution is -2.16. The molecule has 0 saturated heterocycles. The summed E-state index contributed by atoms with van der Waals surface area (Å²) in [4.78, 5) is 12.3. The van der Waals surface area contributed by atoms with E-state index in [2.05, 4.69) is 10.0 Å². The Morgan fingerprint density at radius 1 is 0.906 bits per heavy atom. The maximum absolute atomic E-state index is 13.7. The molecular weight excluding hydrogens is 482 g/mol. The van der Waals surface area contributed by atoms with Gasteiger partial charge in [-0.1, -0.05) is 23.2 Å². The van der Waals surface area contributed by atoms with Crippen LogP contribution < -0.4 is 19.5 Å².